The van der Waals surface area contributed by atoms with Gasteiger partial charge < -0.3 is 14.6 Å². The van der Waals surface area contributed by atoms with Crippen LogP contribution in [0.1, 0.15) is 16.1 Å². The first-order chi connectivity index (χ1) is 10.8. The Morgan fingerprint density at radius 2 is 2.04 bits per heavy atom. The first-order valence-electron chi connectivity index (χ1n) is 6.68. The van der Waals surface area contributed by atoms with Crippen molar-refractivity contribution in [2.45, 2.75) is 6.54 Å². The number of benzene rings is 1. The van der Waals surface area contributed by atoms with Gasteiger partial charge in [0.25, 0.3) is 5.91 Å². The Bertz CT molecular complexity index is 748. The van der Waals surface area contributed by atoms with Crippen LogP contribution in [0.2, 0.25) is 0 Å². The zero-order valence-corrected chi connectivity index (χ0v) is 12.8. The lowest BCUT2D eigenvalue weighted by molar-refractivity contribution is 0.0914. The molecule has 0 aliphatic carbocycles. The molecular weight excluding hydrogens is 318 g/mol. The van der Waals surface area contributed by atoms with E-state index in [1.165, 1.54) is 12.3 Å². The smallest absolute Gasteiger partial charge is 0.290 e. The zero-order chi connectivity index (χ0) is 15.2. The van der Waals surface area contributed by atoms with Crippen molar-refractivity contribution in [2.75, 3.05) is 0 Å². The van der Waals surface area contributed by atoms with Crippen LogP contribution >= 0.6 is 12.4 Å². The highest BCUT2D eigenvalue weighted by Crippen LogP contribution is 2.19. The van der Waals surface area contributed by atoms with E-state index in [1.54, 1.807) is 12.3 Å². The predicted molar refractivity (Wildman–Crippen MR) is 85.7 cm³/mol. The highest BCUT2D eigenvalue weighted by atomic mass is 35.5. The molecule has 2 heterocycles. The number of pyridine rings is 1. The highest BCUT2D eigenvalue weighted by Gasteiger charge is 2.09. The van der Waals surface area contributed by atoms with Crippen molar-refractivity contribution in [1.29, 1.82) is 0 Å². The molecule has 23 heavy (non-hydrogen) atoms. The maximum absolute atomic E-state index is 11.8. The van der Waals surface area contributed by atoms with Crippen molar-refractivity contribution < 1.29 is 14.1 Å². The molecule has 1 amide bonds. The van der Waals surface area contributed by atoms with E-state index in [2.05, 4.69) is 15.5 Å². The molecule has 118 valence electrons. The van der Waals surface area contributed by atoms with Gasteiger partial charge in [-0.3, -0.25) is 4.79 Å². The second kappa shape index (κ2) is 7.95. The molecule has 3 rings (SSSR count). The molecule has 0 bridgehead atoms. The molecule has 0 aliphatic rings. The zero-order valence-electron chi connectivity index (χ0n) is 12.0. The van der Waals surface area contributed by atoms with Gasteiger partial charge in [-0.1, -0.05) is 23.4 Å². The van der Waals surface area contributed by atoms with Crippen molar-refractivity contribution in [3.8, 4) is 11.6 Å². The largest absolute Gasteiger partial charge is 0.439 e. The van der Waals surface area contributed by atoms with Crippen LogP contribution in [0.5, 0.6) is 11.6 Å². The van der Waals surface area contributed by atoms with Gasteiger partial charge in [-0.15, -0.1) is 12.4 Å². The number of halogens is 1. The summed E-state index contributed by atoms with van der Waals surface area (Å²) in [6.07, 6.45) is 3.09. The second-order valence-corrected chi connectivity index (χ2v) is 4.48. The Morgan fingerprint density at radius 1 is 1.13 bits per heavy atom. The third-order valence-corrected chi connectivity index (χ3v) is 2.87. The van der Waals surface area contributed by atoms with Gasteiger partial charge in [0, 0.05) is 24.9 Å². The Balaban J connectivity index is 0.00000192. The summed E-state index contributed by atoms with van der Waals surface area (Å²) < 4.78 is 10.4. The summed E-state index contributed by atoms with van der Waals surface area (Å²) in [5, 5.41) is 6.24. The Hall–Kier alpha value is -2.86. The first kappa shape index (κ1) is 16.5. The Kier molecular flexibility index (Phi) is 5.71. The van der Waals surface area contributed by atoms with Crippen molar-refractivity contribution in [3.05, 3.63) is 72.2 Å². The van der Waals surface area contributed by atoms with Crippen LogP contribution in [0.3, 0.4) is 0 Å². The molecule has 0 spiro atoms. The number of rotatable bonds is 5. The van der Waals surface area contributed by atoms with E-state index in [4.69, 9.17) is 9.26 Å². The highest BCUT2D eigenvalue weighted by molar-refractivity contribution is 5.91. The molecule has 0 atom stereocenters. The van der Waals surface area contributed by atoms with Crippen LogP contribution in [0, 0.1) is 0 Å². The number of carbonyl (C=O) groups is 1. The van der Waals surface area contributed by atoms with E-state index in [1.807, 2.05) is 36.4 Å². The summed E-state index contributed by atoms with van der Waals surface area (Å²) in [6, 6.07) is 14.4. The molecule has 2 aromatic heterocycles. The average molecular weight is 332 g/mol. The van der Waals surface area contributed by atoms with Gasteiger partial charge in [-0.25, -0.2) is 4.98 Å². The molecule has 0 radical (unpaired) electrons. The molecular formula is C16H14ClN3O3. The Labute approximate surface area is 138 Å². The molecule has 0 saturated heterocycles. The number of nitrogens with one attached hydrogen (secondary N) is 1. The van der Waals surface area contributed by atoms with E-state index >= 15 is 0 Å². The standard InChI is InChI=1S/C16H13N3O3.ClH/c20-16(14-7-9-19-22-14)18-11-12-4-3-5-13(10-12)21-15-6-1-2-8-17-15;/h1-10H,11H2,(H,18,20);1H. The fourth-order valence-electron chi connectivity index (χ4n) is 1.85. The molecule has 0 fully saturated rings. The number of hydrogen-bond acceptors (Lipinski definition) is 5. The van der Waals surface area contributed by atoms with E-state index < -0.39 is 0 Å². The van der Waals surface area contributed by atoms with E-state index in [9.17, 15) is 4.79 Å². The minimum Gasteiger partial charge on any atom is -0.439 e. The quantitative estimate of drug-likeness (QED) is 0.776. The molecule has 0 aliphatic heterocycles. The van der Waals surface area contributed by atoms with E-state index in [0.717, 1.165) is 5.56 Å². The van der Waals surface area contributed by atoms with Crippen LogP contribution < -0.4 is 10.1 Å². The normalized spacial score (nSPS) is 9.74. The Morgan fingerprint density at radius 3 is 2.78 bits per heavy atom. The number of carbonyl (C=O) groups excluding carboxylic acids is 1. The van der Waals surface area contributed by atoms with Gasteiger partial charge in [0.2, 0.25) is 11.6 Å². The lowest BCUT2D eigenvalue weighted by Gasteiger charge is -2.07. The molecule has 7 heteroatoms. The topological polar surface area (TPSA) is 77.2 Å². The number of aromatic nitrogens is 2. The summed E-state index contributed by atoms with van der Waals surface area (Å²) in [6.45, 7) is 0.360. The fourth-order valence-corrected chi connectivity index (χ4v) is 1.85. The predicted octanol–water partition coefficient (Wildman–Crippen LogP) is 3.21. The summed E-state index contributed by atoms with van der Waals surface area (Å²) in [7, 11) is 0. The lowest BCUT2D eigenvalue weighted by atomic mass is 10.2. The molecule has 1 N–H and O–H groups in total. The third-order valence-electron chi connectivity index (χ3n) is 2.87. The minimum absolute atomic E-state index is 0. The maximum atomic E-state index is 11.8. The van der Waals surface area contributed by atoms with Crippen LogP contribution in [0.4, 0.5) is 0 Å². The summed E-state index contributed by atoms with van der Waals surface area (Å²) in [5.74, 6) is 1.05. The van der Waals surface area contributed by atoms with Crippen LogP contribution in [0.15, 0.2) is 65.4 Å². The monoisotopic (exact) mass is 331 g/mol. The van der Waals surface area contributed by atoms with Crippen molar-refractivity contribution >= 4 is 18.3 Å². The summed E-state index contributed by atoms with van der Waals surface area (Å²) in [4.78, 5) is 15.9. The lowest BCUT2D eigenvalue weighted by Crippen LogP contribution is -2.22. The minimum atomic E-state index is -0.312. The van der Waals surface area contributed by atoms with Gasteiger partial charge >= 0.3 is 0 Å². The van der Waals surface area contributed by atoms with Crippen LogP contribution in [-0.2, 0) is 6.54 Å². The van der Waals surface area contributed by atoms with Crippen LogP contribution in [0.25, 0.3) is 0 Å². The SMILES string of the molecule is Cl.O=C(NCc1cccc(Oc2ccccn2)c1)c1ccno1. The number of ether oxygens (including phenoxy) is 1. The summed E-state index contributed by atoms with van der Waals surface area (Å²) >= 11 is 0. The van der Waals surface area contributed by atoms with Gasteiger partial charge in [-0.05, 0) is 23.8 Å². The van der Waals surface area contributed by atoms with Gasteiger partial charge in [-0.2, -0.15) is 0 Å². The summed E-state index contributed by atoms with van der Waals surface area (Å²) in [5.41, 5.74) is 0.904. The molecule has 0 unspecified atom stereocenters. The van der Waals surface area contributed by atoms with E-state index in [-0.39, 0.29) is 24.1 Å². The molecule has 6 nitrogen and oxygen atoms in total. The molecule has 1 aromatic carbocycles. The van der Waals surface area contributed by atoms with Crippen molar-refractivity contribution in [3.63, 3.8) is 0 Å². The third kappa shape index (κ3) is 4.55. The molecule has 0 saturated carbocycles. The van der Waals surface area contributed by atoms with Crippen LogP contribution in [-0.4, -0.2) is 16.0 Å². The van der Waals surface area contributed by atoms with Gasteiger partial charge in [0.05, 0.1) is 6.20 Å². The van der Waals surface area contributed by atoms with Gasteiger partial charge in [0.1, 0.15) is 5.75 Å². The first-order valence-corrected chi connectivity index (χ1v) is 6.68. The van der Waals surface area contributed by atoms with Crippen molar-refractivity contribution in [1.82, 2.24) is 15.5 Å². The number of hydrogen-bond donors (Lipinski definition) is 1. The second-order valence-electron chi connectivity index (χ2n) is 4.48. The van der Waals surface area contributed by atoms with E-state index in [0.29, 0.717) is 18.2 Å². The average Bonchev–Trinajstić information content (AvgIpc) is 3.08. The number of nitrogens with zero attached hydrogens (tertiary/aromatic N) is 2. The number of amides is 1. The van der Waals surface area contributed by atoms with Gasteiger partial charge in [0.15, 0.2) is 0 Å². The van der Waals surface area contributed by atoms with Crippen molar-refractivity contribution in [2.24, 2.45) is 0 Å². The fraction of sp³-hybridized carbons (Fsp3) is 0.0625. The molecule has 3 aromatic rings. The maximum Gasteiger partial charge on any atom is 0.290 e.